The van der Waals surface area contributed by atoms with Gasteiger partial charge in [-0.3, -0.25) is 14.9 Å². The molecule has 8 nitrogen and oxygen atoms in total. The van der Waals surface area contributed by atoms with Crippen molar-refractivity contribution in [3.05, 3.63) is 22.2 Å². The van der Waals surface area contributed by atoms with Gasteiger partial charge in [0.15, 0.2) is 0 Å². The molecule has 0 fully saturated rings. The fourth-order valence-corrected chi connectivity index (χ4v) is 1.48. The molecule has 0 spiro atoms. The molecular weight excluding hydrogens is 262 g/mol. The van der Waals surface area contributed by atoms with Crippen LogP contribution in [-0.2, 0) is 4.79 Å². The molecule has 1 rings (SSSR count). The maximum Gasteiger partial charge on any atom is 0.276 e. The summed E-state index contributed by atoms with van der Waals surface area (Å²) in [7, 11) is 0. The van der Waals surface area contributed by atoms with Crippen LogP contribution in [0.25, 0.3) is 0 Å². The van der Waals surface area contributed by atoms with Crippen LogP contribution in [0.15, 0.2) is 12.1 Å². The van der Waals surface area contributed by atoms with E-state index >= 15 is 0 Å². The lowest BCUT2D eigenvalue weighted by Crippen LogP contribution is -2.26. The first-order chi connectivity index (χ1) is 9.52. The summed E-state index contributed by atoms with van der Waals surface area (Å²) in [5.74, 6) is 0.746. The Kier molecular flexibility index (Phi) is 6.21. The van der Waals surface area contributed by atoms with E-state index in [0.717, 1.165) is 6.42 Å². The number of amides is 1. The highest BCUT2D eigenvalue weighted by Gasteiger charge is 2.10. The average Bonchev–Trinajstić information content (AvgIpc) is 2.41. The number of hydrogen-bond donors (Lipinski definition) is 3. The van der Waals surface area contributed by atoms with Gasteiger partial charge in [-0.25, -0.2) is 4.98 Å². The number of anilines is 2. The number of rotatable bonds is 8. The van der Waals surface area contributed by atoms with Crippen molar-refractivity contribution in [3.63, 3.8) is 0 Å². The molecule has 0 saturated heterocycles. The molecule has 1 heterocycles. The molecule has 0 atom stereocenters. The third-order valence-electron chi connectivity index (χ3n) is 2.38. The van der Waals surface area contributed by atoms with Gasteiger partial charge in [-0.05, 0) is 6.42 Å². The van der Waals surface area contributed by atoms with Gasteiger partial charge in [-0.2, -0.15) is 0 Å². The van der Waals surface area contributed by atoms with E-state index in [1.807, 2.05) is 6.92 Å². The summed E-state index contributed by atoms with van der Waals surface area (Å²) in [6.45, 7) is 4.99. The summed E-state index contributed by atoms with van der Waals surface area (Å²) in [6, 6.07) is 2.76. The van der Waals surface area contributed by atoms with E-state index in [1.54, 1.807) is 0 Å². The van der Waals surface area contributed by atoms with Gasteiger partial charge in [0.05, 0.1) is 17.1 Å². The summed E-state index contributed by atoms with van der Waals surface area (Å²) in [5.41, 5.74) is -0.0272. The first-order valence-electron chi connectivity index (χ1n) is 6.41. The molecule has 0 aliphatic rings. The van der Waals surface area contributed by atoms with Crippen molar-refractivity contribution in [1.29, 1.82) is 0 Å². The van der Waals surface area contributed by atoms with Crippen LogP contribution in [0, 0.1) is 10.1 Å². The Bertz CT molecular complexity index is 478. The molecule has 0 saturated carbocycles. The summed E-state index contributed by atoms with van der Waals surface area (Å²) >= 11 is 0. The molecule has 0 unspecified atom stereocenters. The molecule has 0 aliphatic heterocycles. The molecule has 8 heteroatoms. The lowest BCUT2D eigenvalue weighted by atomic mass is 10.3. The van der Waals surface area contributed by atoms with Crippen molar-refractivity contribution in [2.24, 2.45) is 0 Å². The van der Waals surface area contributed by atoms with E-state index in [9.17, 15) is 14.9 Å². The second-order valence-electron chi connectivity index (χ2n) is 4.19. The molecule has 0 bridgehead atoms. The molecule has 0 aliphatic carbocycles. The number of carbonyl (C=O) groups excluding carboxylic acids is 1. The monoisotopic (exact) mass is 281 g/mol. The minimum absolute atomic E-state index is 0.0272. The van der Waals surface area contributed by atoms with E-state index in [0.29, 0.717) is 31.3 Å². The van der Waals surface area contributed by atoms with Gasteiger partial charge in [-0.15, -0.1) is 0 Å². The zero-order valence-electron chi connectivity index (χ0n) is 11.6. The van der Waals surface area contributed by atoms with Crippen LogP contribution >= 0.6 is 0 Å². The fraction of sp³-hybridized carbons (Fsp3) is 0.500. The van der Waals surface area contributed by atoms with Crippen LogP contribution in [0.2, 0.25) is 0 Å². The van der Waals surface area contributed by atoms with Gasteiger partial charge < -0.3 is 16.0 Å². The number of hydrogen-bond acceptors (Lipinski definition) is 6. The van der Waals surface area contributed by atoms with Crippen molar-refractivity contribution in [3.8, 4) is 0 Å². The number of carbonyl (C=O) groups is 1. The van der Waals surface area contributed by atoms with Crippen molar-refractivity contribution in [1.82, 2.24) is 10.3 Å². The Morgan fingerprint density at radius 2 is 1.85 bits per heavy atom. The normalized spacial score (nSPS) is 9.90. The number of aromatic nitrogens is 1. The van der Waals surface area contributed by atoms with E-state index in [4.69, 9.17) is 0 Å². The second kappa shape index (κ2) is 7.93. The topological polar surface area (TPSA) is 109 Å². The lowest BCUT2D eigenvalue weighted by Gasteiger charge is -2.09. The van der Waals surface area contributed by atoms with Gasteiger partial charge in [0.25, 0.3) is 5.69 Å². The van der Waals surface area contributed by atoms with Crippen molar-refractivity contribution in [2.75, 3.05) is 30.3 Å². The van der Waals surface area contributed by atoms with Crippen LogP contribution in [-0.4, -0.2) is 35.4 Å². The molecule has 20 heavy (non-hydrogen) atoms. The highest BCUT2D eigenvalue weighted by atomic mass is 16.6. The zero-order valence-corrected chi connectivity index (χ0v) is 11.6. The first-order valence-corrected chi connectivity index (χ1v) is 6.41. The lowest BCUT2D eigenvalue weighted by molar-refractivity contribution is -0.384. The largest absolute Gasteiger partial charge is 0.370 e. The average molecular weight is 281 g/mol. The Labute approximate surface area is 117 Å². The summed E-state index contributed by atoms with van der Waals surface area (Å²) in [5, 5.41) is 19.4. The SMILES string of the molecule is CCCNc1cc([N+](=O)[O-])cc(NCCNC(C)=O)n1. The highest BCUT2D eigenvalue weighted by Crippen LogP contribution is 2.20. The minimum atomic E-state index is -0.461. The zero-order chi connectivity index (χ0) is 15.0. The Hall–Kier alpha value is -2.38. The van der Waals surface area contributed by atoms with Crippen LogP contribution in [0.4, 0.5) is 17.3 Å². The molecule has 1 aromatic rings. The standard InChI is InChI=1S/C12H19N5O3/c1-3-4-14-11-7-10(17(19)20)8-12(16-11)15-6-5-13-9(2)18/h7-8H,3-6H2,1-2H3,(H,13,18)(H2,14,15,16). The minimum Gasteiger partial charge on any atom is -0.370 e. The van der Waals surface area contributed by atoms with Crippen molar-refractivity contribution < 1.29 is 9.72 Å². The van der Waals surface area contributed by atoms with Gasteiger partial charge in [-0.1, -0.05) is 6.92 Å². The van der Waals surface area contributed by atoms with E-state index in [2.05, 4.69) is 20.9 Å². The van der Waals surface area contributed by atoms with Gasteiger partial charge in [0.1, 0.15) is 11.6 Å². The Morgan fingerprint density at radius 1 is 1.25 bits per heavy atom. The second-order valence-corrected chi connectivity index (χ2v) is 4.19. The Balaban J connectivity index is 2.70. The number of pyridine rings is 1. The predicted octanol–water partition coefficient (Wildman–Crippen LogP) is 1.36. The number of nitrogens with zero attached hydrogens (tertiary/aromatic N) is 2. The van der Waals surface area contributed by atoms with E-state index < -0.39 is 4.92 Å². The maximum atomic E-state index is 10.9. The quantitative estimate of drug-likeness (QED) is 0.377. The summed E-state index contributed by atoms with van der Waals surface area (Å²) in [4.78, 5) is 25.4. The molecular formula is C12H19N5O3. The van der Waals surface area contributed by atoms with E-state index in [-0.39, 0.29) is 11.6 Å². The predicted molar refractivity (Wildman–Crippen MR) is 76.8 cm³/mol. The smallest absolute Gasteiger partial charge is 0.276 e. The van der Waals surface area contributed by atoms with Gasteiger partial charge in [0.2, 0.25) is 5.91 Å². The van der Waals surface area contributed by atoms with Crippen LogP contribution in [0.5, 0.6) is 0 Å². The molecule has 1 amide bonds. The molecule has 1 aromatic heterocycles. The van der Waals surface area contributed by atoms with Gasteiger partial charge in [0, 0.05) is 26.6 Å². The van der Waals surface area contributed by atoms with Crippen LogP contribution in [0.3, 0.4) is 0 Å². The maximum absolute atomic E-state index is 10.9. The van der Waals surface area contributed by atoms with Crippen molar-refractivity contribution in [2.45, 2.75) is 20.3 Å². The molecule has 0 aromatic carbocycles. The van der Waals surface area contributed by atoms with Gasteiger partial charge >= 0.3 is 0 Å². The third kappa shape index (κ3) is 5.51. The van der Waals surface area contributed by atoms with Crippen LogP contribution < -0.4 is 16.0 Å². The first kappa shape index (κ1) is 15.7. The molecule has 0 radical (unpaired) electrons. The third-order valence-corrected chi connectivity index (χ3v) is 2.38. The number of nitrogens with one attached hydrogen (secondary N) is 3. The number of nitro groups is 1. The van der Waals surface area contributed by atoms with Crippen LogP contribution in [0.1, 0.15) is 20.3 Å². The fourth-order valence-electron chi connectivity index (χ4n) is 1.48. The summed E-state index contributed by atoms with van der Waals surface area (Å²) < 4.78 is 0. The Morgan fingerprint density at radius 3 is 2.35 bits per heavy atom. The molecule has 3 N–H and O–H groups in total. The van der Waals surface area contributed by atoms with Crippen molar-refractivity contribution >= 4 is 23.2 Å². The molecule has 110 valence electrons. The van der Waals surface area contributed by atoms with E-state index in [1.165, 1.54) is 19.1 Å². The highest BCUT2D eigenvalue weighted by molar-refractivity contribution is 5.72. The summed E-state index contributed by atoms with van der Waals surface area (Å²) in [6.07, 6.45) is 0.898.